The zero-order chi connectivity index (χ0) is 22.0. The second-order valence-corrected chi connectivity index (χ2v) is 6.76. The third-order valence-electron chi connectivity index (χ3n) is 4.32. The number of alkyl halides is 3. The van der Waals surface area contributed by atoms with Gasteiger partial charge in [0.2, 0.25) is 5.82 Å². The topological polar surface area (TPSA) is 113 Å². The quantitative estimate of drug-likeness (QED) is 0.435. The van der Waals surface area contributed by atoms with Gasteiger partial charge in [0.1, 0.15) is 17.4 Å². The average Bonchev–Trinajstić information content (AvgIpc) is 3.39. The maximum atomic E-state index is 13.3. The van der Waals surface area contributed by atoms with Crippen molar-refractivity contribution in [1.29, 1.82) is 5.26 Å². The summed E-state index contributed by atoms with van der Waals surface area (Å²) < 4.78 is 50.6. The predicted molar refractivity (Wildman–Crippen MR) is 104 cm³/mol. The molecule has 0 atom stereocenters. The number of hydrogen-bond donors (Lipinski definition) is 2. The lowest BCUT2D eigenvalue weighted by molar-refractivity contribution is -0.138. The fourth-order valence-electron chi connectivity index (χ4n) is 2.91. The van der Waals surface area contributed by atoms with Crippen LogP contribution in [0.3, 0.4) is 0 Å². The third kappa shape index (κ3) is 4.39. The van der Waals surface area contributed by atoms with E-state index in [1.807, 2.05) is 0 Å². The normalized spacial score (nSPS) is 11.5. The van der Waals surface area contributed by atoms with Crippen LogP contribution in [0.15, 0.2) is 40.8 Å². The number of benzene rings is 2. The fourth-order valence-corrected chi connectivity index (χ4v) is 3.15. The van der Waals surface area contributed by atoms with E-state index in [0.717, 1.165) is 17.5 Å². The Labute approximate surface area is 177 Å². The van der Waals surface area contributed by atoms with Gasteiger partial charge >= 0.3 is 6.18 Å². The zero-order valence-corrected chi connectivity index (χ0v) is 16.3. The van der Waals surface area contributed by atoms with E-state index in [4.69, 9.17) is 26.0 Å². The van der Waals surface area contributed by atoms with Gasteiger partial charge in [0.15, 0.2) is 12.4 Å². The van der Waals surface area contributed by atoms with E-state index < -0.39 is 24.1 Å². The number of aromatic amines is 1. The van der Waals surface area contributed by atoms with Crippen LogP contribution in [0.5, 0.6) is 5.75 Å². The van der Waals surface area contributed by atoms with Crippen LogP contribution in [0, 0.1) is 11.3 Å². The lowest BCUT2D eigenvalue weighted by Gasteiger charge is -2.15. The molecule has 0 bridgehead atoms. The summed E-state index contributed by atoms with van der Waals surface area (Å²) in [6, 6.07) is 10.2. The molecular formula is C19H12ClF3N6O2. The number of anilines is 1. The molecule has 0 unspecified atom stereocenters. The van der Waals surface area contributed by atoms with Gasteiger partial charge in [0.25, 0.3) is 0 Å². The molecule has 0 spiro atoms. The van der Waals surface area contributed by atoms with Gasteiger partial charge in [0, 0.05) is 22.6 Å². The highest BCUT2D eigenvalue weighted by atomic mass is 35.5. The first-order valence-corrected chi connectivity index (χ1v) is 9.14. The van der Waals surface area contributed by atoms with Crippen molar-refractivity contribution in [2.45, 2.75) is 12.7 Å². The summed E-state index contributed by atoms with van der Waals surface area (Å²) >= 11 is 6.33. The molecule has 0 fully saturated rings. The molecule has 0 saturated heterocycles. The van der Waals surface area contributed by atoms with Crippen molar-refractivity contribution in [3.05, 3.63) is 52.5 Å². The van der Waals surface area contributed by atoms with Crippen molar-refractivity contribution in [2.24, 2.45) is 0 Å². The number of fused-ring (bicyclic) bond motifs is 1. The van der Waals surface area contributed by atoms with Crippen molar-refractivity contribution >= 4 is 28.3 Å². The number of rotatable bonds is 6. The van der Waals surface area contributed by atoms with Gasteiger partial charge in [0.05, 0.1) is 5.56 Å². The standard InChI is InChI=1S/C19H12ClF3N6O2/c20-14-5-10-6-17(18-26-28-29-27-18)31-16(10)7-11(14)9-25-12-1-2-15(30-4-3-24)13(8-12)19(21,22)23/h1-2,5-8,25H,4,9H2,(H,26,27,28,29). The average molecular weight is 449 g/mol. The molecule has 0 amide bonds. The highest BCUT2D eigenvalue weighted by Gasteiger charge is 2.34. The summed E-state index contributed by atoms with van der Waals surface area (Å²) in [6.07, 6.45) is -4.64. The highest BCUT2D eigenvalue weighted by Crippen LogP contribution is 2.38. The summed E-state index contributed by atoms with van der Waals surface area (Å²) in [7, 11) is 0. The van der Waals surface area contributed by atoms with Crippen molar-refractivity contribution < 1.29 is 22.3 Å². The van der Waals surface area contributed by atoms with Crippen LogP contribution in [0.4, 0.5) is 18.9 Å². The molecule has 2 aromatic heterocycles. The summed E-state index contributed by atoms with van der Waals surface area (Å²) in [4.78, 5) is 0. The van der Waals surface area contributed by atoms with Gasteiger partial charge in [-0.2, -0.15) is 18.4 Å². The van der Waals surface area contributed by atoms with Crippen LogP contribution in [0.1, 0.15) is 11.1 Å². The number of H-pyrrole nitrogens is 1. The van der Waals surface area contributed by atoms with Gasteiger partial charge in [-0.15, -0.1) is 5.10 Å². The van der Waals surface area contributed by atoms with Crippen LogP contribution in [-0.2, 0) is 12.7 Å². The molecule has 4 aromatic rings. The Balaban J connectivity index is 1.57. The maximum absolute atomic E-state index is 13.3. The van der Waals surface area contributed by atoms with E-state index in [0.29, 0.717) is 27.8 Å². The monoisotopic (exact) mass is 448 g/mol. The van der Waals surface area contributed by atoms with Crippen LogP contribution in [-0.4, -0.2) is 27.2 Å². The summed E-state index contributed by atoms with van der Waals surface area (Å²) in [6.45, 7) is -0.342. The molecule has 158 valence electrons. The van der Waals surface area contributed by atoms with Crippen LogP contribution >= 0.6 is 11.6 Å². The van der Waals surface area contributed by atoms with Crippen molar-refractivity contribution in [3.8, 4) is 23.4 Å². The van der Waals surface area contributed by atoms with Crippen LogP contribution in [0.2, 0.25) is 5.02 Å². The van der Waals surface area contributed by atoms with Crippen LogP contribution < -0.4 is 10.1 Å². The second kappa shape index (κ2) is 8.16. The number of furan rings is 1. The van der Waals surface area contributed by atoms with E-state index in [1.54, 1.807) is 24.3 Å². The molecule has 0 saturated carbocycles. The highest BCUT2D eigenvalue weighted by molar-refractivity contribution is 6.32. The molecule has 8 nitrogen and oxygen atoms in total. The molecule has 0 aliphatic carbocycles. The van der Waals surface area contributed by atoms with E-state index in [1.165, 1.54) is 6.07 Å². The molecule has 12 heteroatoms. The number of nitrogens with one attached hydrogen (secondary N) is 2. The number of hydrogen-bond acceptors (Lipinski definition) is 7. The number of halogens is 4. The minimum Gasteiger partial charge on any atom is -0.478 e. The Hall–Kier alpha value is -3.78. The minimum atomic E-state index is -4.64. The summed E-state index contributed by atoms with van der Waals surface area (Å²) in [5.41, 5.74) is 0.360. The SMILES string of the molecule is N#CCOc1ccc(NCc2cc3oc(-c4nnn[nH]4)cc3cc2Cl)cc1C(F)(F)F. The largest absolute Gasteiger partial charge is 0.478 e. The van der Waals surface area contributed by atoms with Gasteiger partial charge < -0.3 is 14.5 Å². The maximum Gasteiger partial charge on any atom is 0.420 e. The van der Waals surface area contributed by atoms with E-state index >= 15 is 0 Å². The number of ether oxygens (including phenoxy) is 1. The molecule has 0 aliphatic heterocycles. The van der Waals surface area contributed by atoms with Crippen molar-refractivity contribution in [2.75, 3.05) is 11.9 Å². The van der Waals surface area contributed by atoms with Gasteiger partial charge in [-0.05, 0) is 52.4 Å². The molecule has 2 N–H and O–H groups in total. The van der Waals surface area contributed by atoms with E-state index in [-0.39, 0.29) is 12.2 Å². The molecular weight excluding hydrogens is 437 g/mol. The number of aromatic nitrogens is 4. The van der Waals surface area contributed by atoms with Crippen LogP contribution in [0.25, 0.3) is 22.6 Å². The predicted octanol–water partition coefficient (Wildman–Crippen LogP) is 4.80. The molecule has 0 aliphatic rings. The Bertz CT molecular complexity index is 1260. The number of nitriles is 1. The Morgan fingerprint density at radius 1 is 1.23 bits per heavy atom. The summed E-state index contributed by atoms with van der Waals surface area (Å²) in [5.74, 6) is 0.360. The third-order valence-corrected chi connectivity index (χ3v) is 4.68. The second-order valence-electron chi connectivity index (χ2n) is 6.35. The first-order valence-electron chi connectivity index (χ1n) is 8.76. The van der Waals surface area contributed by atoms with Crippen molar-refractivity contribution in [1.82, 2.24) is 20.6 Å². The van der Waals surface area contributed by atoms with E-state index in [9.17, 15) is 13.2 Å². The first-order chi connectivity index (χ1) is 14.8. The van der Waals surface area contributed by atoms with Gasteiger partial charge in [-0.3, -0.25) is 0 Å². The molecule has 0 radical (unpaired) electrons. The van der Waals surface area contributed by atoms with Crippen molar-refractivity contribution in [3.63, 3.8) is 0 Å². The Morgan fingerprint density at radius 3 is 2.77 bits per heavy atom. The lowest BCUT2D eigenvalue weighted by atomic mass is 10.1. The number of tetrazole rings is 1. The first kappa shape index (κ1) is 20.5. The molecule has 31 heavy (non-hydrogen) atoms. The summed E-state index contributed by atoms with van der Waals surface area (Å²) in [5, 5.41) is 25.9. The van der Waals surface area contributed by atoms with Gasteiger partial charge in [-0.1, -0.05) is 11.6 Å². The lowest BCUT2D eigenvalue weighted by Crippen LogP contribution is -2.10. The zero-order valence-electron chi connectivity index (χ0n) is 15.5. The van der Waals surface area contributed by atoms with E-state index in [2.05, 4.69) is 25.9 Å². The minimum absolute atomic E-state index is 0.143. The van der Waals surface area contributed by atoms with Gasteiger partial charge in [-0.25, -0.2) is 5.10 Å². The Kier molecular flexibility index (Phi) is 5.39. The smallest absolute Gasteiger partial charge is 0.420 e. The fraction of sp³-hybridized carbons (Fsp3) is 0.158. The molecule has 2 heterocycles. The molecule has 2 aromatic carbocycles. The Morgan fingerprint density at radius 2 is 2.06 bits per heavy atom. The number of nitrogens with zero attached hydrogens (tertiary/aromatic N) is 4. The molecule has 4 rings (SSSR count).